The second-order valence-corrected chi connectivity index (χ2v) is 6.97. The van der Waals surface area contributed by atoms with E-state index >= 15 is 0 Å². The van der Waals surface area contributed by atoms with Crippen LogP contribution in [0.3, 0.4) is 0 Å². The molecule has 1 N–H and O–H groups in total. The van der Waals surface area contributed by atoms with Crippen LogP contribution in [0.4, 0.5) is 11.8 Å². The summed E-state index contributed by atoms with van der Waals surface area (Å²) in [6.45, 7) is 5.99. The molecular formula is C18H27N7. The molecule has 7 heteroatoms. The monoisotopic (exact) mass is 341 g/mol. The van der Waals surface area contributed by atoms with Crippen LogP contribution in [0.2, 0.25) is 0 Å². The lowest BCUT2D eigenvalue weighted by Crippen LogP contribution is -2.35. The summed E-state index contributed by atoms with van der Waals surface area (Å²) in [4.78, 5) is 11.4. The van der Waals surface area contributed by atoms with E-state index in [-0.39, 0.29) is 0 Å². The quantitative estimate of drug-likeness (QED) is 0.922. The number of nitrogens with zero attached hydrogens (tertiary/aromatic N) is 6. The van der Waals surface area contributed by atoms with Crippen molar-refractivity contribution in [1.82, 2.24) is 24.7 Å². The topological polar surface area (TPSA) is 71.8 Å². The van der Waals surface area contributed by atoms with Gasteiger partial charge in [-0.25, -0.2) is 4.98 Å². The first-order valence-corrected chi connectivity index (χ1v) is 9.59. The number of aryl methyl sites for hydroxylation is 1. The highest BCUT2D eigenvalue weighted by Gasteiger charge is 2.27. The van der Waals surface area contributed by atoms with Gasteiger partial charge in [0.2, 0.25) is 5.95 Å². The average molecular weight is 341 g/mol. The van der Waals surface area contributed by atoms with Gasteiger partial charge in [0.15, 0.2) is 0 Å². The number of fused-ring (bicyclic) bond motifs is 1. The Morgan fingerprint density at radius 3 is 2.84 bits per heavy atom. The fourth-order valence-corrected chi connectivity index (χ4v) is 3.93. The summed E-state index contributed by atoms with van der Waals surface area (Å²) in [6.07, 6.45) is 8.90. The lowest BCUT2D eigenvalue weighted by Gasteiger charge is -2.31. The van der Waals surface area contributed by atoms with Crippen LogP contribution < -0.4 is 10.2 Å². The number of hydrogen-bond acceptors (Lipinski definition) is 6. The van der Waals surface area contributed by atoms with Crippen molar-refractivity contribution in [1.29, 1.82) is 0 Å². The third-order valence-electron chi connectivity index (χ3n) is 5.28. The van der Waals surface area contributed by atoms with Crippen molar-refractivity contribution in [2.24, 2.45) is 0 Å². The van der Waals surface area contributed by atoms with Gasteiger partial charge in [-0.1, -0.05) is 6.42 Å². The largest absolute Gasteiger partial charge is 0.370 e. The van der Waals surface area contributed by atoms with E-state index in [4.69, 9.17) is 0 Å². The zero-order chi connectivity index (χ0) is 17.1. The van der Waals surface area contributed by atoms with Gasteiger partial charge in [0.05, 0.1) is 0 Å². The van der Waals surface area contributed by atoms with Crippen LogP contribution in [0, 0.1) is 0 Å². The van der Waals surface area contributed by atoms with Crippen LogP contribution in [-0.2, 0) is 13.0 Å². The van der Waals surface area contributed by atoms with Crippen molar-refractivity contribution >= 4 is 11.8 Å². The first-order valence-electron chi connectivity index (χ1n) is 9.59. The van der Waals surface area contributed by atoms with Crippen molar-refractivity contribution in [3.8, 4) is 0 Å². The molecule has 134 valence electrons. The number of nitrogens with one attached hydrogen (secondary N) is 1. The summed E-state index contributed by atoms with van der Waals surface area (Å²) < 4.78 is 2.40. The van der Waals surface area contributed by atoms with Crippen molar-refractivity contribution in [2.45, 2.75) is 57.9 Å². The second-order valence-electron chi connectivity index (χ2n) is 6.97. The van der Waals surface area contributed by atoms with Gasteiger partial charge in [0.1, 0.15) is 17.5 Å². The molecule has 0 saturated carbocycles. The molecule has 0 aliphatic carbocycles. The number of piperidine rings is 1. The molecule has 7 nitrogen and oxygen atoms in total. The molecule has 0 amide bonds. The Balaban J connectivity index is 1.43. The van der Waals surface area contributed by atoms with E-state index in [1.165, 1.54) is 30.9 Å². The first kappa shape index (κ1) is 16.3. The molecule has 2 aliphatic heterocycles. The maximum Gasteiger partial charge on any atom is 0.227 e. The maximum atomic E-state index is 4.63. The molecule has 2 aliphatic rings. The molecule has 25 heavy (non-hydrogen) atoms. The fraction of sp³-hybridized carbons (Fsp3) is 0.667. The molecule has 4 heterocycles. The first-order chi connectivity index (χ1) is 12.3. The predicted molar refractivity (Wildman–Crippen MR) is 98.0 cm³/mol. The molecule has 1 saturated heterocycles. The lowest BCUT2D eigenvalue weighted by atomic mass is 9.96. The SMILES string of the molecule is CCNc1ccnc(N2CCC(c3nnc4n3CCCCC4)CC2)n1. The van der Waals surface area contributed by atoms with Crippen LogP contribution >= 0.6 is 0 Å². The number of aromatic nitrogens is 5. The molecule has 2 aromatic rings. The van der Waals surface area contributed by atoms with Crippen molar-refractivity contribution in [3.05, 3.63) is 23.9 Å². The van der Waals surface area contributed by atoms with Gasteiger partial charge in [-0.2, -0.15) is 4.98 Å². The molecule has 0 unspecified atom stereocenters. The summed E-state index contributed by atoms with van der Waals surface area (Å²) in [6, 6.07) is 1.92. The lowest BCUT2D eigenvalue weighted by molar-refractivity contribution is 0.456. The highest BCUT2D eigenvalue weighted by molar-refractivity contribution is 5.41. The van der Waals surface area contributed by atoms with E-state index < -0.39 is 0 Å². The Hall–Kier alpha value is -2.18. The summed E-state index contributed by atoms with van der Waals surface area (Å²) in [7, 11) is 0. The molecular weight excluding hydrogens is 314 g/mol. The van der Waals surface area contributed by atoms with Crippen LogP contribution in [0.1, 0.15) is 56.6 Å². The smallest absolute Gasteiger partial charge is 0.227 e. The highest BCUT2D eigenvalue weighted by atomic mass is 15.3. The summed E-state index contributed by atoms with van der Waals surface area (Å²) >= 11 is 0. The van der Waals surface area contributed by atoms with Crippen molar-refractivity contribution in [2.75, 3.05) is 29.9 Å². The molecule has 0 aromatic carbocycles. The van der Waals surface area contributed by atoms with Gasteiger partial charge < -0.3 is 14.8 Å². The third-order valence-corrected chi connectivity index (χ3v) is 5.28. The minimum atomic E-state index is 0.507. The van der Waals surface area contributed by atoms with Gasteiger partial charge in [-0.3, -0.25) is 0 Å². The summed E-state index contributed by atoms with van der Waals surface area (Å²) in [5, 5.41) is 12.3. The van der Waals surface area contributed by atoms with Crippen molar-refractivity contribution < 1.29 is 0 Å². The average Bonchev–Trinajstić information content (AvgIpc) is 2.91. The minimum absolute atomic E-state index is 0.507. The van der Waals surface area contributed by atoms with E-state index in [1.807, 2.05) is 12.3 Å². The second kappa shape index (κ2) is 7.37. The summed E-state index contributed by atoms with van der Waals surface area (Å²) in [5.41, 5.74) is 0. The van der Waals surface area contributed by atoms with Crippen LogP contribution in [0.25, 0.3) is 0 Å². The number of hydrogen-bond donors (Lipinski definition) is 1. The van der Waals surface area contributed by atoms with Gasteiger partial charge in [0, 0.05) is 44.7 Å². The predicted octanol–water partition coefficient (Wildman–Crippen LogP) is 2.61. The van der Waals surface area contributed by atoms with E-state index in [0.29, 0.717) is 5.92 Å². The number of rotatable bonds is 4. The van der Waals surface area contributed by atoms with Gasteiger partial charge >= 0.3 is 0 Å². The summed E-state index contributed by atoms with van der Waals surface area (Å²) in [5.74, 6) is 4.64. The Kier molecular flexibility index (Phi) is 4.81. The molecule has 4 rings (SSSR count). The highest BCUT2D eigenvalue weighted by Crippen LogP contribution is 2.30. The Bertz CT molecular complexity index is 703. The van der Waals surface area contributed by atoms with Gasteiger partial charge in [-0.05, 0) is 38.7 Å². The van der Waals surface area contributed by atoms with Crippen LogP contribution in [-0.4, -0.2) is 44.4 Å². The Labute approximate surface area is 148 Å². The maximum absolute atomic E-state index is 4.63. The Morgan fingerprint density at radius 1 is 1.12 bits per heavy atom. The van der Waals surface area contributed by atoms with Crippen LogP contribution in [0.15, 0.2) is 12.3 Å². The van der Waals surface area contributed by atoms with Gasteiger partial charge in [-0.15, -0.1) is 10.2 Å². The number of anilines is 2. The van der Waals surface area contributed by atoms with Crippen LogP contribution in [0.5, 0.6) is 0 Å². The van der Waals surface area contributed by atoms with Gasteiger partial charge in [0.25, 0.3) is 0 Å². The van der Waals surface area contributed by atoms with E-state index in [2.05, 4.69) is 41.9 Å². The molecule has 0 radical (unpaired) electrons. The molecule has 0 bridgehead atoms. The van der Waals surface area contributed by atoms with E-state index in [1.54, 1.807) is 0 Å². The van der Waals surface area contributed by atoms with E-state index in [0.717, 1.165) is 57.2 Å². The molecule has 0 atom stereocenters. The molecule has 0 spiro atoms. The normalized spacial score (nSPS) is 18.7. The van der Waals surface area contributed by atoms with Crippen molar-refractivity contribution in [3.63, 3.8) is 0 Å². The van der Waals surface area contributed by atoms with E-state index in [9.17, 15) is 0 Å². The third kappa shape index (κ3) is 3.45. The Morgan fingerprint density at radius 2 is 2.00 bits per heavy atom. The molecule has 2 aromatic heterocycles. The minimum Gasteiger partial charge on any atom is -0.370 e. The zero-order valence-corrected chi connectivity index (χ0v) is 15.0. The zero-order valence-electron chi connectivity index (χ0n) is 15.0. The molecule has 1 fully saturated rings. The standard InChI is InChI=1S/C18H27N7/c1-2-19-15-7-10-20-18(21-15)24-12-8-14(9-13-24)17-23-22-16-6-4-3-5-11-25(16)17/h7,10,14H,2-6,8-9,11-13H2,1H3,(H,19,20,21). The fourth-order valence-electron chi connectivity index (χ4n) is 3.93.